The Morgan fingerprint density at radius 3 is 2.66 bits per heavy atom. The van der Waals surface area contributed by atoms with Crippen LogP contribution in [0.25, 0.3) is 0 Å². The quantitative estimate of drug-likeness (QED) is 0.382. The molecule has 0 spiro atoms. The van der Waals surface area contributed by atoms with E-state index in [1.807, 2.05) is 0 Å². The van der Waals surface area contributed by atoms with Gasteiger partial charge in [-0.3, -0.25) is 9.59 Å². The maximum atomic E-state index is 12.0. The molecule has 2 fully saturated rings. The summed E-state index contributed by atoms with van der Waals surface area (Å²) in [5, 5.41) is 8.87. The van der Waals surface area contributed by atoms with Crippen LogP contribution in [0.15, 0.2) is 11.6 Å². The van der Waals surface area contributed by atoms with Crippen molar-refractivity contribution in [3.63, 3.8) is 0 Å². The first-order chi connectivity index (χ1) is 13.6. The molecule has 0 heterocycles. The molecule has 0 bridgehead atoms. The molecule has 0 amide bonds. The summed E-state index contributed by atoms with van der Waals surface area (Å²) in [6.45, 7) is 12.3. The van der Waals surface area contributed by atoms with Crippen molar-refractivity contribution in [1.29, 1.82) is 0 Å². The van der Waals surface area contributed by atoms with E-state index in [0.717, 1.165) is 44.9 Å². The fourth-order valence-electron chi connectivity index (χ4n) is 7.13. The second-order valence-electron chi connectivity index (χ2n) is 11.1. The summed E-state index contributed by atoms with van der Waals surface area (Å²) in [6, 6.07) is 0. The van der Waals surface area contributed by atoms with E-state index in [0.29, 0.717) is 52.6 Å². The molecule has 0 saturated heterocycles. The van der Waals surface area contributed by atoms with Gasteiger partial charge in [-0.1, -0.05) is 59.1 Å². The van der Waals surface area contributed by atoms with E-state index in [4.69, 9.17) is 5.11 Å². The Balaban J connectivity index is 1.70. The highest BCUT2D eigenvalue weighted by Gasteiger charge is 2.54. The Hall–Kier alpha value is -1.12. The molecule has 164 valence electrons. The number of unbranched alkanes of at least 4 members (excludes halogenated alkanes) is 1. The first-order valence-corrected chi connectivity index (χ1v) is 12.0. The van der Waals surface area contributed by atoms with Gasteiger partial charge in [-0.2, -0.15) is 0 Å². The van der Waals surface area contributed by atoms with Crippen molar-refractivity contribution < 1.29 is 14.7 Å². The van der Waals surface area contributed by atoms with Crippen LogP contribution in [0.3, 0.4) is 0 Å². The molecule has 0 aromatic heterocycles. The molecule has 7 unspecified atom stereocenters. The third-order valence-corrected chi connectivity index (χ3v) is 9.84. The SMILES string of the molecule is CC(CCCCC(=O)O)C(C)C1(C)CCC2C(=CCC3CC(=O)CCC32C)C1C. The lowest BCUT2D eigenvalue weighted by molar-refractivity contribution is -0.137. The molecule has 3 aliphatic rings. The predicted octanol–water partition coefficient (Wildman–Crippen LogP) is 6.66. The highest BCUT2D eigenvalue weighted by Crippen LogP contribution is 2.62. The molecule has 7 atom stereocenters. The fourth-order valence-corrected chi connectivity index (χ4v) is 7.13. The molecule has 0 aromatic rings. The van der Waals surface area contributed by atoms with Crippen LogP contribution in [0, 0.1) is 40.4 Å². The van der Waals surface area contributed by atoms with Crippen LogP contribution in [-0.2, 0) is 9.59 Å². The minimum Gasteiger partial charge on any atom is -0.481 e. The maximum Gasteiger partial charge on any atom is 0.303 e. The number of carbonyl (C=O) groups is 2. The van der Waals surface area contributed by atoms with Crippen LogP contribution in [0.5, 0.6) is 0 Å². The summed E-state index contributed by atoms with van der Waals surface area (Å²) >= 11 is 0. The Morgan fingerprint density at radius 1 is 1.24 bits per heavy atom. The number of ketones is 1. The third kappa shape index (κ3) is 4.21. The summed E-state index contributed by atoms with van der Waals surface area (Å²) in [7, 11) is 0. The Bertz CT molecular complexity index is 665. The largest absolute Gasteiger partial charge is 0.481 e. The number of carboxylic acids is 1. The number of Topliss-reactive ketones (excluding diaryl/α,β-unsaturated/α-hetero) is 1. The van der Waals surface area contributed by atoms with Gasteiger partial charge in [0, 0.05) is 19.3 Å². The van der Waals surface area contributed by atoms with Gasteiger partial charge in [-0.15, -0.1) is 0 Å². The van der Waals surface area contributed by atoms with Gasteiger partial charge in [0.05, 0.1) is 0 Å². The molecule has 0 aromatic carbocycles. The molecule has 1 N–H and O–H groups in total. The van der Waals surface area contributed by atoms with Gasteiger partial charge >= 0.3 is 5.97 Å². The van der Waals surface area contributed by atoms with Crippen LogP contribution < -0.4 is 0 Å². The van der Waals surface area contributed by atoms with Crippen LogP contribution >= 0.6 is 0 Å². The van der Waals surface area contributed by atoms with E-state index < -0.39 is 5.97 Å². The van der Waals surface area contributed by atoms with Gasteiger partial charge in [0.15, 0.2) is 0 Å². The Kier molecular flexibility index (Phi) is 6.65. The van der Waals surface area contributed by atoms with Crippen LogP contribution in [-0.4, -0.2) is 16.9 Å². The minimum atomic E-state index is -0.676. The van der Waals surface area contributed by atoms with Gasteiger partial charge < -0.3 is 5.11 Å². The number of hydrogen-bond donors (Lipinski definition) is 1. The van der Waals surface area contributed by atoms with E-state index in [-0.39, 0.29) is 0 Å². The second-order valence-corrected chi connectivity index (χ2v) is 11.1. The molecule has 3 rings (SSSR count). The van der Waals surface area contributed by atoms with Crippen LogP contribution in [0.2, 0.25) is 0 Å². The Morgan fingerprint density at radius 2 is 1.97 bits per heavy atom. The van der Waals surface area contributed by atoms with E-state index in [1.165, 1.54) is 12.8 Å². The number of rotatable bonds is 7. The zero-order valence-electron chi connectivity index (χ0n) is 19.3. The number of carbonyl (C=O) groups excluding carboxylic acids is 1. The lowest BCUT2D eigenvalue weighted by atomic mass is 9.46. The first kappa shape index (κ1) is 22.6. The van der Waals surface area contributed by atoms with Crippen molar-refractivity contribution in [2.45, 2.75) is 98.8 Å². The molecular formula is C26H42O3. The van der Waals surface area contributed by atoms with Gasteiger partial charge in [-0.05, 0) is 72.5 Å². The average Bonchev–Trinajstić information content (AvgIpc) is 2.67. The molecule has 3 nitrogen and oxygen atoms in total. The van der Waals surface area contributed by atoms with Crippen molar-refractivity contribution in [2.24, 2.45) is 40.4 Å². The molecule has 3 aliphatic carbocycles. The minimum absolute atomic E-state index is 0.297. The third-order valence-electron chi connectivity index (χ3n) is 9.84. The van der Waals surface area contributed by atoms with Crippen molar-refractivity contribution >= 4 is 11.8 Å². The number of hydrogen-bond acceptors (Lipinski definition) is 2. The zero-order chi connectivity index (χ0) is 21.4. The van der Waals surface area contributed by atoms with Crippen molar-refractivity contribution in [2.75, 3.05) is 0 Å². The summed E-state index contributed by atoms with van der Waals surface area (Å²) in [5.74, 6) is 2.85. The number of allylic oxidation sites excluding steroid dienone is 2. The van der Waals surface area contributed by atoms with Gasteiger partial charge in [0.1, 0.15) is 5.78 Å². The predicted molar refractivity (Wildman–Crippen MR) is 118 cm³/mol. The highest BCUT2D eigenvalue weighted by molar-refractivity contribution is 5.79. The van der Waals surface area contributed by atoms with Crippen molar-refractivity contribution in [3.8, 4) is 0 Å². The van der Waals surface area contributed by atoms with Crippen LogP contribution in [0.1, 0.15) is 98.8 Å². The van der Waals surface area contributed by atoms with Gasteiger partial charge in [0.2, 0.25) is 0 Å². The molecule has 29 heavy (non-hydrogen) atoms. The van der Waals surface area contributed by atoms with E-state index >= 15 is 0 Å². The first-order valence-electron chi connectivity index (χ1n) is 12.0. The monoisotopic (exact) mass is 402 g/mol. The maximum absolute atomic E-state index is 12.0. The van der Waals surface area contributed by atoms with E-state index in [1.54, 1.807) is 5.57 Å². The standard InChI is InChI=1S/C26H42O3/c1-17(8-6-7-9-24(28)29)18(2)25(4)15-13-23-22(19(25)3)11-10-20-16-21(27)12-14-26(20,23)5/h11,17-20,23H,6-10,12-16H2,1-5H3,(H,28,29). The van der Waals surface area contributed by atoms with Crippen LogP contribution in [0.4, 0.5) is 0 Å². The average molecular weight is 403 g/mol. The highest BCUT2D eigenvalue weighted by atomic mass is 16.4. The lowest BCUT2D eigenvalue weighted by Crippen LogP contribution is -2.50. The smallest absolute Gasteiger partial charge is 0.303 e. The molecule has 0 aliphatic heterocycles. The number of aliphatic carboxylic acids is 1. The fraction of sp³-hybridized carbons (Fsp3) is 0.846. The summed E-state index contributed by atoms with van der Waals surface area (Å²) < 4.78 is 0. The molecule has 3 heteroatoms. The topological polar surface area (TPSA) is 54.4 Å². The number of fused-ring (bicyclic) bond motifs is 3. The lowest BCUT2D eigenvalue weighted by Gasteiger charge is -2.58. The second kappa shape index (κ2) is 8.55. The van der Waals surface area contributed by atoms with E-state index in [9.17, 15) is 9.59 Å². The van der Waals surface area contributed by atoms with Gasteiger partial charge in [0.25, 0.3) is 0 Å². The van der Waals surface area contributed by atoms with E-state index in [2.05, 4.69) is 40.7 Å². The van der Waals surface area contributed by atoms with Crippen molar-refractivity contribution in [3.05, 3.63) is 11.6 Å². The summed E-state index contributed by atoms with van der Waals surface area (Å²) in [6.07, 6.45) is 12.1. The molecule has 0 radical (unpaired) electrons. The number of carboxylic acid groups (broad SMARTS) is 1. The van der Waals surface area contributed by atoms with Crippen molar-refractivity contribution in [1.82, 2.24) is 0 Å². The molecule has 2 saturated carbocycles. The molecular weight excluding hydrogens is 360 g/mol. The zero-order valence-corrected chi connectivity index (χ0v) is 19.3. The summed E-state index contributed by atoms with van der Waals surface area (Å²) in [5.41, 5.74) is 2.32. The summed E-state index contributed by atoms with van der Waals surface area (Å²) in [4.78, 5) is 22.8. The Labute approximate surface area is 177 Å². The normalized spacial score (nSPS) is 39.1. The van der Waals surface area contributed by atoms with Gasteiger partial charge in [-0.25, -0.2) is 0 Å².